The second-order valence-corrected chi connectivity index (χ2v) is 10.3. The van der Waals surface area contributed by atoms with E-state index in [1.807, 2.05) is 0 Å². The van der Waals surface area contributed by atoms with Crippen molar-refractivity contribution < 1.29 is 16.8 Å². The number of nitrogens with zero attached hydrogens (tertiary/aromatic N) is 1. The molecule has 0 aromatic carbocycles. The summed E-state index contributed by atoms with van der Waals surface area (Å²) in [4.78, 5) is 0. The molecule has 114 valence electrons. The van der Waals surface area contributed by atoms with Gasteiger partial charge in [0.05, 0.1) is 6.26 Å². The van der Waals surface area contributed by atoms with Crippen LogP contribution < -0.4 is 4.72 Å². The average Bonchev–Trinajstić information content (AvgIpc) is 2.74. The van der Waals surface area contributed by atoms with Crippen molar-refractivity contribution in [3.8, 4) is 0 Å². The van der Waals surface area contributed by atoms with E-state index in [0.717, 1.165) is 6.26 Å². The molecule has 0 unspecified atom stereocenters. The molecular weight excluding hydrogens is 388 g/mol. The van der Waals surface area contributed by atoms with Gasteiger partial charge >= 0.3 is 0 Å². The number of hydrogen-bond donors (Lipinski definition) is 1. The Morgan fingerprint density at radius 2 is 1.90 bits per heavy atom. The normalized spacial score (nSPS) is 19.3. The van der Waals surface area contributed by atoms with Crippen LogP contribution in [0.15, 0.2) is 20.1 Å². The predicted octanol–water partition coefficient (Wildman–Crippen LogP) is 1.21. The summed E-state index contributed by atoms with van der Waals surface area (Å²) in [6.07, 6.45) is 2.07. The maximum atomic E-state index is 12.4. The topological polar surface area (TPSA) is 83.6 Å². The molecule has 0 atom stereocenters. The Hall–Kier alpha value is -0.000000000000000111. The molecule has 6 nitrogen and oxygen atoms in total. The quantitative estimate of drug-likeness (QED) is 0.819. The number of hydrogen-bond acceptors (Lipinski definition) is 5. The first-order valence-corrected chi connectivity index (χ1v) is 10.9. The number of sulfonamides is 2. The van der Waals surface area contributed by atoms with Gasteiger partial charge in [-0.05, 0) is 40.2 Å². The van der Waals surface area contributed by atoms with Crippen molar-refractivity contribution in [1.82, 2.24) is 9.03 Å². The molecule has 2 rings (SSSR count). The lowest BCUT2D eigenvalue weighted by Gasteiger charge is -2.30. The summed E-state index contributed by atoms with van der Waals surface area (Å²) in [7, 11) is -6.74. The third-order valence-corrected chi connectivity index (χ3v) is 8.30. The van der Waals surface area contributed by atoms with E-state index in [1.165, 1.54) is 15.6 Å². The summed E-state index contributed by atoms with van der Waals surface area (Å²) in [6, 6.07) is 1.51. The van der Waals surface area contributed by atoms with Gasteiger partial charge in [-0.15, -0.1) is 11.3 Å². The van der Waals surface area contributed by atoms with Gasteiger partial charge in [-0.2, -0.15) is 4.31 Å². The SMILES string of the molecule is CS(=O)(=O)NC1CCN(S(=O)(=O)c2sccc2Br)CC1. The fourth-order valence-corrected chi connectivity index (χ4v) is 6.86. The second-order valence-electron chi connectivity index (χ2n) is 4.62. The van der Waals surface area contributed by atoms with Crippen molar-refractivity contribution >= 4 is 47.3 Å². The summed E-state index contributed by atoms with van der Waals surface area (Å²) in [6.45, 7) is 0.639. The lowest BCUT2D eigenvalue weighted by Crippen LogP contribution is -2.46. The molecule has 2 heterocycles. The van der Waals surface area contributed by atoms with Crippen molar-refractivity contribution in [1.29, 1.82) is 0 Å². The first kappa shape index (κ1) is 16.4. The minimum Gasteiger partial charge on any atom is -0.213 e. The molecule has 1 N–H and O–H groups in total. The number of rotatable bonds is 4. The fraction of sp³-hybridized carbons (Fsp3) is 0.600. The summed E-state index contributed by atoms with van der Waals surface area (Å²) >= 11 is 4.41. The van der Waals surface area contributed by atoms with Gasteiger partial charge in [-0.25, -0.2) is 21.6 Å². The van der Waals surface area contributed by atoms with Crippen LogP contribution in [-0.4, -0.2) is 46.5 Å². The molecule has 0 bridgehead atoms. The maximum Gasteiger partial charge on any atom is 0.253 e. The first-order chi connectivity index (χ1) is 9.20. The molecule has 1 fully saturated rings. The van der Waals surface area contributed by atoms with Gasteiger partial charge in [0.1, 0.15) is 4.21 Å². The fourth-order valence-electron chi connectivity index (χ4n) is 2.10. The molecule has 20 heavy (non-hydrogen) atoms. The summed E-state index contributed by atoms with van der Waals surface area (Å²) in [5.41, 5.74) is 0. The minimum atomic E-state index is -3.49. The first-order valence-electron chi connectivity index (χ1n) is 5.90. The Bertz CT molecular complexity index is 675. The van der Waals surface area contributed by atoms with Crippen LogP contribution in [0.5, 0.6) is 0 Å². The predicted molar refractivity (Wildman–Crippen MR) is 81.8 cm³/mol. The summed E-state index contributed by atoms with van der Waals surface area (Å²) in [5.74, 6) is 0. The van der Waals surface area contributed by atoms with E-state index in [4.69, 9.17) is 0 Å². The van der Waals surface area contributed by atoms with Crippen LogP contribution in [0.2, 0.25) is 0 Å². The molecule has 0 saturated carbocycles. The maximum absolute atomic E-state index is 12.4. The third kappa shape index (κ3) is 3.80. The Balaban J connectivity index is 2.06. The van der Waals surface area contributed by atoms with E-state index in [9.17, 15) is 16.8 Å². The molecule has 1 aromatic rings. The molecule has 0 aliphatic carbocycles. The lowest BCUT2D eigenvalue weighted by atomic mass is 10.1. The summed E-state index contributed by atoms with van der Waals surface area (Å²) in [5, 5.41) is 1.72. The Morgan fingerprint density at radius 1 is 1.30 bits per heavy atom. The molecule has 0 spiro atoms. The Labute approximate surface area is 131 Å². The van der Waals surface area contributed by atoms with Crippen LogP contribution in [-0.2, 0) is 20.0 Å². The number of halogens is 1. The van der Waals surface area contributed by atoms with Gasteiger partial charge in [0.25, 0.3) is 10.0 Å². The second kappa shape index (κ2) is 6.01. The zero-order valence-corrected chi connectivity index (χ0v) is 14.8. The molecule has 1 aliphatic heterocycles. The van der Waals surface area contributed by atoms with Crippen LogP contribution >= 0.6 is 27.3 Å². The standard InChI is InChI=1S/C10H15BrN2O4S3/c1-19(14,15)12-8-2-5-13(6-3-8)20(16,17)10-9(11)4-7-18-10/h4,7-8,12H,2-3,5-6H2,1H3. The van der Waals surface area contributed by atoms with Crippen molar-refractivity contribution in [2.75, 3.05) is 19.3 Å². The number of piperidine rings is 1. The summed E-state index contributed by atoms with van der Waals surface area (Å²) < 4.78 is 52.0. The Kier molecular flexibility index (Phi) is 4.92. The lowest BCUT2D eigenvalue weighted by molar-refractivity contribution is 0.309. The highest BCUT2D eigenvalue weighted by Crippen LogP contribution is 2.31. The van der Waals surface area contributed by atoms with Crippen molar-refractivity contribution in [3.63, 3.8) is 0 Å². The molecular formula is C10H15BrN2O4S3. The highest BCUT2D eigenvalue weighted by molar-refractivity contribution is 9.10. The zero-order chi connectivity index (χ0) is 15.0. The average molecular weight is 403 g/mol. The highest BCUT2D eigenvalue weighted by atomic mass is 79.9. The van der Waals surface area contributed by atoms with Crippen molar-refractivity contribution in [2.45, 2.75) is 23.1 Å². The third-order valence-electron chi connectivity index (χ3n) is 2.99. The van der Waals surface area contributed by atoms with Crippen molar-refractivity contribution in [2.24, 2.45) is 0 Å². The van der Waals surface area contributed by atoms with E-state index < -0.39 is 20.0 Å². The highest BCUT2D eigenvalue weighted by Gasteiger charge is 2.32. The number of nitrogens with one attached hydrogen (secondary N) is 1. The van der Waals surface area contributed by atoms with Gasteiger partial charge in [0.15, 0.2) is 0 Å². The van der Waals surface area contributed by atoms with Gasteiger partial charge < -0.3 is 0 Å². The monoisotopic (exact) mass is 402 g/mol. The van der Waals surface area contributed by atoms with Crippen LogP contribution in [0.3, 0.4) is 0 Å². The molecule has 1 aliphatic rings. The van der Waals surface area contributed by atoms with Gasteiger partial charge in [-0.3, -0.25) is 0 Å². The zero-order valence-electron chi connectivity index (χ0n) is 10.7. The van der Waals surface area contributed by atoms with Gasteiger partial charge in [-0.1, -0.05) is 0 Å². The smallest absolute Gasteiger partial charge is 0.213 e. The van der Waals surface area contributed by atoms with E-state index >= 15 is 0 Å². The van der Waals surface area contributed by atoms with Crippen LogP contribution in [0.25, 0.3) is 0 Å². The van der Waals surface area contributed by atoms with E-state index in [-0.39, 0.29) is 6.04 Å². The van der Waals surface area contributed by atoms with Crippen LogP contribution in [0, 0.1) is 0 Å². The van der Waals surface area contributed by atoms with Crippen LogP contribution in [0.4, 0.5) is 0 Å². The van der Waals surface area contributed by atoms with Crippen LogP contribution in [0.1, 0.15) is 12.8 Å². The van der Waals surface area contributed by atoms with E-state index in [0.29, 0.717) is 34.6 Å². The minimum absolute atomic E-state index is 0.191. The van der Waals surface area contributed by atoms with Gasteiger partial charge in [0.2, 0.25) is 10.0 Å². The molecule has 0 amide bonds. The number of thiophene rings is 1. The van der Waals surface area contributed by atoms with E-state index in [1.54, 1.807) is 11.4 Å². The molecule has 10 heteroatoms. The van der Waals surface area contributed by atoms with Crippen molar-refractivity contribution in [3.05, 3.63) is 15.9 Å². The largest absolute Gasteiger partial charge is 0.253 e. The molecule has 0 radical (unpaired) electrons. The molecule has 1 aromatic heterocycles. The van der Waals surface area contributed by atoms with E-state index in [2.05, 4.69) is 20.7 Å². The van der Waals surface area contributed by atoms with Gasteiger partial charge in [0, 0.05) is 23.6 Å². The molecule has 1 saturated heterocycles. The Morgan fingerprint density at radius 3 is 2.35 bits per heavy atom.